The molecule has 3 atom stereocenters. The molecule has 0 radical (unpaired) electrons. The molecule has 8 heteroatoms. The molecule has 1 aliphatic heterocycles. The number of aliphatic hydroxyl groups is 3. The Morgan fingerprint density at radius 3 is 2.46 bits per heavy atom. The first-order chi connectivity index (χ1) is 5.57. The van der Waals surface area contributed by atoms with E-state index in [0.29, 0.717) is 4.74 Å². The Hall–Kier alpha value is -0.760. The van der Waals surface area contributed by atoms with Crippen molar-refractivity contribution < 1.29 is 37.7 Å². The third-order valence-electron chi connectivity index (χ3n) is 1.75. The number of hydrogen-bond donors (Lipinski definition) is 6. The maximum Gasteiger partial charge on any atom is 0.383 e. The van der Waals surface area contributed by atoms with Gasteiger partial charge in [0.2, 0.25) is 6.23 Å². The SMILES string of the molecule is NC1=[N+](O)[C@H](O)[C@@H](O)[C@@H](CO)N1.[Cl-]. The molecule has 0 spiro atoms. The van der Waals surface area contributed by atoms with Gasteiger partial charge in [0.1, 0.15) is 6.04 Å². The zero-order valence-corrected chi connectivity index (χ0v) is 7.39. The summed E-state index contributed by atoms with van der Waals surface area (Å²) in [5.74, 6) is -0.202. The molecule has 0 aromatic rings. The van der Waals surface area contributed by atoms with Gasteiger partial charge in [-0.05, 0) is 0 Å². The van der Waals surface area contributed by atoms with E-state index in [1.54, 1.807) is 0 Å². The van der Waals surface area contributed by atoms with E-state index in [1.807, 2.05) is 0 Å². The lowest BCUT2D eigenvalue weighted by Gasteiger charge is -2.27. The minimum Gasteiger partial charge on any atom is -1.00 e. The van der Waals surface area contributed by atoms with Crippen LogP contribution < -0.4 is 23.5 Å². The Kier molecular flexibility index (Phi) is 4.21. The fourth-order valence-corrected chi connectivity index (χ4v) is 0.990. The highest BCUT2D eigenvalue weighted by molar-refractivity contribution is 5.73. The largest absolute Gasteiger partial charge is 1.00 e. The molecule has 0 unspecified atom stereocenters. The number of halogens is 1. The summed E-state index contributed by atoms with van der Waals surface area (Å²) in [7, 11) is 0. The zero-order chi connectivity index (χ0) is 9.30. The molecule has 7 N–H and O–H groups in total. The molecule has 0 aromatic carbocycles. The van der Waals surface area contributed by atoms with Gasteiger partial charge in [0.05, 0.1) is 6.61 Å². The second-order valence-corrected chi connectivity index (χ2v) is 2.57. The Balaban J connectivity index is 0.00000144. The molecule has 0 amide bonds. The second kappa shape index (κ2) is 4.47. The minimum absolute atomic E-state index is 0. The minimum atomic E-state index is -1.51. The predicted octanol–water partition coefficient (Wildman–Crippen LogP) is -6.65. The maximum absolute atomic E-state index is 9.18. The van der Waals surface area contributed by atoms with Crippen molar-refractivity contribution in [3.63, 3.8) is 0 Å². The first-order valence-electron chi connectivity index (χ1n) is 3.42. The van der Waals surface area contributed by atoms with Crippen LogP contribution in [-0.2, 0) is 0 Å². The second-order valence-electron chi connectivity index (χ2n) is 2.57. The normalized spacial score (nSPS) is 33.6. The van der Waals surface area contributed by atoms with Gasteiger partial charge >= 0.3 is 5.96 Å². The molecule has 0 saturated carbocycles. The number of rotatable bonds is 1. The predicted molar refractivity (Wildman–Crippen MR) is 37.3 cm³/mol. The Morgan fingerprint density at radius 1 is 1.46 bits per heavy atom. The number of nitrogens with one attached hydrogen (secondary N) is 1. The van der Waals surface area contributed by atoms with Crippen molar-refractivity contribution in [2.75, 3.05) is 6.61 Å². The van der Waals surface area contributed by atoms with Crippen LogP contribution in [0.25, 0.3) is 0 Å². The van der Waals surface area contributed by atoms with Crippen molar-refractivity contribution >= 4 is 5.96 Å². The molecule has 0 aromatic heterocycles. The van der Waals surface area contributed by atoms with Crippen molar-refractivity contribution in [1.82, 2.24) is 5.32 Å². The summed E-state index contributed by atoms with van der Waals surface area (Å²) in [5.41, 5.74) is 5.20. The van der Waals surface area contributed by atoms with E-state index in [2.05, 4.69) is 5.32 Å². The summed E-state index contributed by atoms with van der Waals surface area (Å²) in [4.78, 5) is 0. The molecule has 0 bridgehead atoms. The smallest absolute Gasteiger partial charge is 0.383 e. The van der Waals surface area contributed by atoms with Crippen LogP contribution >= 0.6 is 0 Å². The molecule has 1 heterocycles. The van der Waals surface area contributed by atoms with Crippen molar-refractivity contribution in [2.24, 2.45) is 5.73 Å². The van der Waals surface area contributed by atoms with Gasteiger partial charge in [-0.15, -0.1) is 0 Å². The van der Waals surface area contributed by atoms with E-state index in [1.165, 1.54) is 0 Å². The number of nitrogens with two attached hydrogens (primary N) is 1. The maximum atomic E-state index is 9.18. The van der Waals surface area contributed by atoms with Crippen LogP contribution in [0.2, 0.25) is 0 Å². The molecule has 1 rings (SSSR count). The third kappa shape index (κ3) is 2.13. The molecule has 0 fully saturated rings. The fourth-order valence-electron chi connectivity index (χ4n) is 0.990. The number of hydrogen-bond acceptors (Lipinski definition) is 6. The lowest BCUT2D eigenvalue weighted by atomic mass is 10.1. The van der Waals surface area contributed by atoms with E-state index in [9.17, 15) is 5.11 Å². The van der Waals surface area contributed by atoms with Crippen LogP contribution in [-0.4, -0.2) is 56.2 Å². The number of aliphatic hydroxyl groups excluding tert-OH is 3. The van der Waals surface area contributed by atoms with Crippen LogP contribution in [0.15, 0.2) is 0 Å². The average molecular weight is 214 g/mol. The highest BCUT2D eigenvalue weighted by Gasteiger charge is 2.39. The summed E-state index contributed by atoms with van der Waals surface area (Å²) in [6.07, 6.45) is -2.80. The van der Waals surface area contributed by atoms with E-state index < -0.39 is 18.4 Å². The van der Waals surface area contributed by atoms with Gasteiger partial charge in [0.15, 0.2) is 6.10 Å². The van der Waals surface area contributed by atoms with Gasteiger partial charge in [-0.1, -0.05) is 4.74 Å². The van der Waals surface area contributed by atoms with Crippen LogP contribution in [0.1, 0.15) is 0 Å². The lowest BCUT2D eigenvalue weighted by molar-refractivity contribution is -0.832. The van der Waals surface area contributed by atoms with Gasteiger partial charge in [-0.2, -0.15) is 0 Å². The third-order valence-corrected chi connectivity index (χ3v) is 1.75. The lowest BCUT2D eigenvalue weighted by Crippen LogP contribution is -3.00. The average Bonchev–Trinajstić information content (AvgIpc) is 2.08. The number of hydroxylamine groups is 1. The molecule has 0 saturated heterocycles. The van der Waals surface area contributed by atoms with Crippen LogP contribution in [0.3, 0.4) is 0 Å². The van der Waals surface area contributed by atoms with Gasteiger partial charge in [0.25, 0.3) is 0 Å². The summed E-state index contributed by atoms with van der Waals surface area (Å²) in [6, 6.07) is -0.761. The van der Waals surface area contributed by atoms with E-state index in [0.717, 1.165) is 0 Å². The van der Waals surface area contributed by atoms with E-state index in [4.69, 9.17) is 21.2 Å². The number of guanidine groups is 1. The molecule has 13 heavy (non-hydrogen) atoms. The number of nitrogens with zero attached hydrogens (tertiary/aromatic N) is 1. The standard InChI is InChI=1S/C5H11N3O4.ClH/c6-5-7-2(1-9)3(10)4(11)8(5)12;/h2-4,9-12H,1H2,(H2,6,7);1H/t2-,3+,4-;/m1./s1. The molecule has 78 valence electrons. The molecular formula is C5H12ClN3O4. The van der Waals surface area contributed by atoms with Crippen LogP contribution in [0.5, 0.6) is 0 Å². The summed E-state index contributed by atoms with van der Waals surface area (Å²) in [5, 5.41) is 38.3. The molecule has 1 aliphatic rings. The fraction of sp³-hybridized carbons (Fsp3) is 0.800. The first-order valence-corrected chi connectivity index (χ1v) is 3.42. The topological polar surface area (TPSA) is 122 Å². The summed E-state index contributed by atoms with van der Waals surface area (Å²) in [6.45, 7) is -0.382. The van der Waals surface area contributed by atoms with Crippen LogP contribution in [0, 0.1) is 0 Å². The summed E-state index contributed by atoms with van der Waals surface area (Å²) >= 11 is 0. The summed E-state index contributed by atoms with van der Waals surface area (Å²) < 4.78 is 0.302. The Morgan fingerprint density at radius 2 is 2.00 bits per heavy atom. The van der Waals surface area contributed by atoms with Gasteiger partial charge in [-0.3, -0.25) is 11.1 Å². The van der Waals surface area contributed by atoms with Crippen molar-refractivity contribution in [2.45, 2.75) is 18.4 Å². The van der Waals surface area contributed by atoms with E-state index in [-0.39, 0.29) is 25.0 Å². The molecule has 0 aliphatic carbocycles. The molecule has 7 nitrogen and oxygen atoms in total. The van der Waals surface area contributed by atoms with Crippen molar-refractivity contribution in [3.05, 3.63) is 0 Å². The zero-order valence-electron chi connectivity index (χ0n) is 6.63. The highest BCUT2D eigenvalue weighted by Crippen LogP contribution is 2.04. The Labute approximate surface area is 80.5 Å². The van der Waals surface area contributed by atoms with Crippen molar-refractivity contribution in [3.8, 4) is 0 Å². The first kappa shape index (κ1) is 12.2. The van der Waals surface area contributed by atoms with Gasteiger partial charge in [0, 0.05) is 0 Å². The van der Waals surface area contributed by atoms with Crippen LogP contribution in [0.4, 0.5) is 0 Å². The van der Waals surface area contributed by atoms with Gasteiger partial charge in [-0.25, -0.2) is 0 Å². The van der Waals surface area contributed by atoms with E-state index >= 15 is 0 Å². The van der Waals surface area contributed by atoms with Crippen molar-refractivity contribution in [1.29, 1.82) is 0 Å². The quantitative estimate of drug-likeness (QED) is 0.190. The van der Waals surface area contributed by atoms with Gasteiger partial charge < -0.3 is 32.9 Å². The monoisotopic (exact) mass is 213 g/mol. The Bertz CT molecular complexity index is 212. The highest BCUT2D eigenvalue weighted by atomic mass is 35.5. The molecular weight excluding hydrogens is 202 g/mol.